The van der Waals surface area contributed by atoms with Crippen molar-refractivity contribution in [1.82, 2.24) is 4.98 Å². The van der Waals surface area contributed by atoms with Gasteiger partial charge in [0, 0.05) is 17.1 Å². The van der Waals surface area contributed by atoms with Gasteiger partial charge in [0.2, 0.25) is 0 Å². The van der Waals surface area contributed by atoms with E-state index >= 15 is 0 Å². The van der Waals surface area contributed by atoms with Crippen LogP contribution in [0.3, 0.4) is 0 Å². The summed E-state index contributed by atoms with van der Waals surface area (Å²) in [4.78, 5) is 4.86. The summed E-state index contributed by atoms with van der Waals surface area (Å²) in [7, 11) is 0. The quantitative estimate of drug-likeness (QED) is 0.739. The molecule has 0 amide bonds. The minimum absolute atomic E-state index is 0.179. The SMILES string of the molecule is C/C=C(\F)c1cc(-c2ccccn2)cs1. The molecule has 2 rings (SSSR count). The largest absolute Gasteiger partial charge is 0.256 e. The lowest BCUT2D eigenvalue weighted by molar-refractivity contribution is 0.762. The molecule has 0 aliphatic rings. The van der Waals surface area contributed by atoms with Crippen LogP contribution >= 0.6 is 11.3 Å². The van der Waals surface area contributed by atoms with E-state index in [-0.39, 0.29) is 5.83 Å². The van der Waals surface area contributed by atoms with Gasteiger partial charge in [0.15, 0.2) is 0 Å². The van der Waals surface area contributed by atoms with Crippen LogP contribution in [0.1, 0.15) is 11.8 Å². The molecule has 2 aromatic heterocycles. The average molecular weight is 219 g/mol. The second kappa shape index (κ2) is 4.36. The summed E-state index contributed by atoms with van der Waals surface area (Å²) in [5.74, 6) is -0.179. The fraction of sp³-hybridized carbons (Fsp3) is 0.0833. The van der Waals surface area contributed by atoms with Crippen molar-refractivity contribution in [2.45, 2.75) is 6.92 Å². The van der Waals surface area contributed by atoms with E-state index in [1.165, 1.54) is 17.4 Å². The molecule has 1 nitrogen and oxygen atoms in total. The van der Waals surface area contributed by atoms with Crippen LogP contribution in [0, 0.1) is 0 Å². The second-order valence-electron chi connectivity index (χ2n) is 3.05. The summed E-state index contributed by atoms with van der Waals surface area (Å²) in [5, 5.41) is 1.92. The van der Waals surface area contributed by atoms with Crippen LogP contribution < -0.4 is 0 Å². The van der Waals surface area contributed by atoms with Gasteiger partial charge in [-0.05, 0) is 25.1 Å². The van der Waals surface area contributed by atoms with Crippen LogP contribution in [0.25, 0.3) is 17.1 Å². The van der Waals surface area contributed by atoms with Crippen LogP contribution in [0.2, 0.25) is 0 Å². The summed E-state index contributed by atoms with van der Waals surface area (Å²) in [6, 6.07) is 7.52. The number of aromatic nitrogens is 1. The molecule has 0 bridgehead atoms. The first-order valence-electron chi connectivity index (χ1n) is 4.63. The molecular formula is C12H10FNS. The molecule has 3 heteroatoms. The standard InChI is InChI=1S/C12H10FNS/c1-2-10(13)12-7-9(8-15-12)11-5-3-4-6-14-11/h2-8H,1H3/b10-2-. The average Bonchev–Trinajstić information content (AvgIpc) is 2.78. The molecule has 0 saturated carbocycles. The molecule has 76 valence electrons. The molecule has 0 radical (unpaired) electrons. The van der Waals surface area contributed by atoms with Crippen molar-refractivity contribution in [2.24, 2.45) is 0 Å². The van der Waals surface area contributed by atoms with Gasteiger partial charge in [0.1, 0.15) is 5.83 Å². The van der Waals surface area contributed by atoms with Crippen molar-refractivity contribution in [2.75, 3.05) is 0 Å². The summed E-state index contributed by atoms with van der Waals surface area (Å²) in [6.07, 6.45) is 3.20. The normalized spacial score (nSPS) is 11.7. The Balaban J connectivity index is 2.36. The molecule has 0 atom stereocenters. The van der Waals surface area contributed by atoms with E-state index in [1.54, 1.807) is 13.1 Å². The van der Waals surface area contributed by atoms with E-state index < -0.39 is 0 Å². The molecule has 2 heterocycles. The summed E-state index contributed by atoms with van der Waals surface area (Å²) in [6.45, 7) is 1.69. The van der Waals surface area contributed by atoms with Crippen LogP contribution in [0.4, 0.5) is 4.39 Å². The van der Waals surface area contributed by atoms with E-state index in [9.17, 15) is 4.39 Å². The predicted octanol–water partition coefficient (Wildman–Crippen LogP) is 4.14. The first kappa shape index (κ1) is 10.1. The highest BCUT2D eigenvalue weighted by atomic mass is 32.1. The summed E-state index contributed by atoms with van der Waals surface area (Å²) >= 11 is 1.39. The van der Waals surface area contributed by atoms with Gasteiger partial charge >= 0.3 is 0 Å². The van der Waals surface area contributed by atoms with Crippen LogP contribution in [-0.4, -0.2) is 4.98 Å². The molecule has 0 N–H and O–H groups in total. The summed E-state index contributed by atoms with van der Waals surface area (Å²) in [5.41, 5.74) is 1.84. The monoisotopic (exact) mass is 219 g/mol. The zero-order valence-corrected chi connectivity index (χ0v) is 9.09. The number of nitrogens with zero attached hydrogens (tertiary/aromatic N) is 1. The topological polar surface area (TPSA) is 12.9 Å². The van der Waals surface area contributed by atoms with Gasteiger partial charge in [-0.25, -0.2) is 4.39 Å². The first-order valence-corrected chi connectivity index (χ1v) is 5.51. The zero-order valence-electron chi connectivity index (χ0n) is 8.27. The Kier molecular flexibility index (Phi) is 2.92. The highest BCUT2D eigenvalue weighted by Gasteiger charge is 2.05. The maximum atomic E-state index is 13.2. The highest BCUT2D eigenvalue weighted by Crippen LogP contribution is 2.29. The Hall–Kier alpha value is -1.48. The second-order valence-corrected chi connectivity index (χ2v) is 3.96. The molecule has 15 heavy (non-hydrogen) atoms. The van der Waals surface area contributed by atoms with Crippen molar-refractivity contribution in [3.8, 4) is 11.3 Å². The molecule has 0 aliphatic carbocycles. The third kappa shape index (κ3) is 2.13. The lowest BCUT2D eigenvalue weighted by atomic mass is 10.2. The third-order valence-corrected chi connectivity index (χ3v) is 2.99. The Morgan fingerprint density at radius 3 is 3.00 bits per heavy atom. The Bertz CT molecular complexity index is 473. The lowest BCUT2D eigenvalue weighted by Crippen LogP contribution is -1.77. The first-order chi connectivity index (χ1) is 7.31. The Morgan fingerprint density at radius 1 is 1.47 bits per heavy atom. The van der Waals surface area contributed by atoms with Gasteiger partial charge in [-0.15, -0.1) is 11.3 Å². The number of pyridine rings is 1. The van der Waals surface area contributed by atoms with Gasteiger partial charge < -0.3 is 0 Å². The van der Waals surface area contributed by atoms with E-state index in [0.29, 0.717) is 4.88 Å². The van der Waals surface area contributed by atoms with Crippen molar-refractivity contribution < 1.29 is 4.39 Å². The van der Waals surface area contributed by atoms with Gasteiger partial charge in [-0.2, -0.15) is 0 Å². The zero-order chi connectivity index (χ0) is 10.7. The van der Waals surface area contributed by atoms with E-state index in [2.05, 4.69) is 4.98 Å². The van der Waals surface area contributed by atoms with Gasteiger partial charge in [-0.1, -0.05) is 12.1 Å². The number of thiophene rings is 1. The molecule has 0 unspecified atom stereocenters. The van der Waals surface area contributed by atoms with Crippen LogP contribution in [0.15, 0.2) is 41.9 Å². The van der Waals surface area contributed by atoms with Crippen molar-refractivity contribution >= 4 is 17.2 Å². The van der Waals surface area contributed by atoms with Crippen molar-refractivity contribution in [3.63, 3.8) is 0 Å². The van der Waals surface area contributed by atoms with Gasteiger partial charge in [-0.3, -0.25) is 4.98 Å². The lowest BCUT2D eigenvalue weighted by Gasteiger charge is -1.93. The number of hydrogen-bond donors (Lipinski definition) is 0. The number of hydrogen-bond acceptors (Lipinski definition) is 2. The number of halogens is 1. The van der Waals surface area contributed by atoms with Crippen LogP contribution in [0.5, 0.6) is 0 Å². The molecule has 0 saturated heterocycles. The molecular weight excluding hydrogens is 209 g/mol. The minimum atomic E-state index is -0.179. The number of rotatable bonds is 2. The molecule has 0 spiro atoms. The van der Waals surface area contributed by atoms with Crippen molar-refractivity contribution in [1.29, 1.82) is 0 Å². The van der Waals surface area contributed by atoms with E-state index in [1.807, 2.05) is 29.6 Å². The predicted molar refractivity (Wildman–Crippen MR) is 62.3 cm³/mol. The smallest absolute Gasteiger partial charge is 0.136 e. The maximum absolute atomic E-state index is 13.2. The van der Waals surface area contributed by atoms with E-state index in [0.717, 1.165) is 11.3 Å². The van der Waals surface area contributed by atoms with E-state index in [4.69, 9.17) is 0 Å². The minimum Gasteiger partial charge on any atom is -0.256 e. The van der Waals surface area contributed by atoms with Crippen molar-refractivity contribution in [3.05, 3.63) is 46.8 Å². The molecule has 0 fully saturated rings. The Labute approximate surface area is 91.9 Å². The van der Waals surface area contributed by atoms with Gasteiger partial charge in [0.05, 0.1) is 10.6 Å². The maximum Gasteiger partial charge on any atom is 0.136 e. The molecule has 0 aromatic carbocycles. The van der Waals surface area contributed by atoms with Gasteiger partial charge in [0.25, 0.3) is 0 Å². The number of allylic oxidation sites excluding steroid dienone is 1. The molecule has 2 aromatic rings. The Morgan fingerprint density at radius 2 is 2.33 bits per heavy atom. The summed E-state index contributed by atoms with van der Waals surface area (Å²) < 4.78 is 13.2. The fourth-order valence-electron chi connectivity index (χ4n) is 1.27. The fourth-order valence-corrected chi connectivity index (χ4v) is 2.14. The third-order valence-electron chi connectivity index (χ3n) is 2.05. The molecule has 0 aliphatic heterocycles. The van der Waals surface area contributed by atoms with Crippen LogP contribution in [-0.2, 0) is 0 Å². The highest BCUT2D eigenvalue weighted by molar-refractivity contribution is 7.11.